The van der Waals surface area contributed by atoms with Gasteiger partial charge in [0.15, 0.2) is 35.2 Å². The summed E-state index contributed by atoms with van der Waals surface area (Å²) in [5, 5.41) is 11.6. The lowest BCUT2D eigenvalue weighted by atomic mass is 10.0. The van der Waals surface area contributed by atoms with Gasteiger partial charge in [-0.05, 0) is 30.3 Å². The van der Waals surface area contributed by atoms with Crippen LogP contribution < -0.4 is 34.0 Å². The van der Waals surface area contributed by atoms with Gasteiger partial charge in [-0.3, -0.25) is 0 Å². The molecule has 1 N–H and O–H groups in total. The number of benzene rings is 3. The first kappa shape index (κ1) is 22.7. The van der Waals surface area contributed by atoms with Gasteiger partial charge >= 0.3 is 5.63 Å². The minimum Gasteiger partial charge on any atom is -0.497 e. The zero-order chi connectivity index (χ0) is 24.7. The Hall–Kier alpha value is -4.11. The van der Waals surface area contributed by atoms with Gasteiger partial charge < -0.3 is 37.9 Å². The van der Waals surface area contributed by atoms with Crippen molar-refractivity contribution in [1.29, 1.82) is 0 Å². The zero-order valence-electron chi connectivity index (χ0n) is 19.6. The number of rotatable bonds is 7. The van der Waals surface area contributed by atoms with Gasteiger partial charge in [0.05, 0.1) is 40.4 Å². The summed E-state index contributed by atoms with van der Waals surface area (Å²) in [5.74, 6) is 2.81. The van der Waals surface area contributed by atoms with Crippen molar-refractivity contribution in [2.45, 2.75) is 12.2 Å². The van der Waals surface area contributed by atoms with Gasteiger partial charge in [0.1, 0.15) is 17.1 Å². The van der Waals surface area contributed by atoms with Crippen LogP contribution in [-0.4, -0.2) is 46.3 Å². The van der Waals surface area contributed by atoms with Crippen LogP contribution in [0, 0.1) is 0 Å². The molecule has 35 heavy (non-hydrogen) atoms. The van der Waals surface area contributed by atoms with Crippen molar-refractivity contribution in [3.63, 3.8) is 0 Å². The molecule has 0 aliphatic carbocycles. The van der Waals surface area contributed by atoms with Crippen LogP contribution in [0.5, 0.6) is 34.5 Å². The topological polar surface area (TPSA) is 106 Å². The summed E-state index contributed by atoms with van der Waals surface area (Å²) in [6, 6.07) is 11.9. The van der Waals surface area contributed by atoms with Gasteiger partial charge in [-0.2, -0.15) is 0 Å². The predicted molar refractivity (Wildman–Crippen MR) is 128 cm³/mol. The standard InChI is InChI=1S/C26H24O9/c1-29-13-5-6-14-18(9-13)35-26(28)15-7-8-17(25(32-4)23(14)15)34-24-16-10-20(30-2)21(31-3)11-19(16)33-22(24)12-27/h5-11,22,24,27H,12H2,1-4H3. The minimum atomic E-state index is -0.677. The van der Waals surface area contributed by atoms with Crippen LogP contribution in [0.1, 0.15) is 11.7 Å². The number of hydrogen-bond acceptors (Lipinski definition) is 9. The van der Waals surface area contributed by atoms with Crippen molar-refractivity contribution in [2.75, 3.05) is 35.0 Å². The molecule has 2 heterocycles. The van der Waals surface area contributed by atoms with E-state index in [0.717, 1.165) is 0 Å². The largest absolute Gasteiger partial charge is 0.497 e. The molecule has 0 saturated heterocycles. The Morgan fingerprint density at radius 1 is 0.857 bits per heavy atom. The van der Waals surface area contributed by atoms with E-state index in [9.17, 15) is 9.90 Å². The van der Waals surface area contributed by atoms with E-state index in [-0.39, 0.29) is 6.61 Å². The quantitative estimate of drug-likeness (QED) is 0.312. The molecule has 3 aromatic carbocycles. The fourth-order valence-corrected chi connectivity index (χ4v) is 4.41. The highest BCUT2D eigenvalue weighted by atomic mass is 16.6. The molecule has 4 aromatic rings. The average Bonchev–Trinajstić information content (AvgIpc) is 3.23. The number of ether oxygens (including phenoxy) is 6. The summed E-state index contributed by atoms with van der Waals surface area (Å²) in [7, 11) is 6.11. The van der Waals surface area contributed by atoms with Crippen molar-refractivity contribution in [1.82, 2.24) is 0 Å². The Morgan fingerprint density at radius 2 is 1.60 bits per heavy atom. The molecule has 0 saturated carbocycles. The third-order valence-electron chi connectivity index (χ3n) is 6.08. The van der Waals surface area contributed by atoms with Gasteiger partial charge in [-0.15, -0.1) is 0 Å². The van der Waals surface area contributed by atoms with E-state index in [2.05, 4.69) is 0 Å². The molecule has 1 aromatic heterocycles. The van der Waals surface area contributed by atoms with Crippen LogP contribution in [-0.2, 0) is 0 Å². The van der Waals surface area contributed by atoms with E-state index in [1.807, 2.05) is 0 Å². The molecule has 0 radical (unpaired) electrons. The predicted octanol–water partition coefficient (Wildman–Crippen LogP) is 3.85. The molecule has 0 fully saturated rings. The minimum absolute atomic E-state index is 0.286. The molecule has 0 spiro atoms. The number of aliphatic hydroxyl groups is 1. The Labute approximate surface area is 200 Å². The third-order valence-corrected chi connectivity index (χ3v) is 6.08. The molecule has 182 valence electrons. The van der Waals surface area contributed by atoms with Crippen molar-refractivity contribution < 1.29 is 37.9 Å². The molecule has 2 atom stereocenters. The lowest BCUT2D eigenvalue weighted by molar-refractivity contribution is 0.0404. The molecular formula is C26H24O9. The van der Waals surface area contributed by atoms with Crippen molar-refractivity contribution in [2.24, 2.45) is 0 Å². The van der Waals surface area contributed by atoms with Crippen LogP contribution in [0.25, 0.3) is 21.7 Å². The van der Waals surface area contributed by atoms with Crippen LogP contribution in [0.3, 0.4) is 0 Å². The first-order valence-electron chi connectivity index (χ1n) is 10.8. The average molecular weight is 480 g/mol. The highest BCUT2D eigenvalue weighted by Gasteiger charge is 2.38. The van der Waals surface area contributed by atoms with Crippen LogP contribution in [0.4, 0.5) is 0 Å². The number of hydrogen-bond donors (Lipinski definition) is 1. The maximum Gasteiger partial charge on any atom is 0.344 e. The summed E-state index contributed by atoms with van der Waals surface area (Å²) >= 11 is 0. The Balaban J connectivity index is 1.67. The fourth-order valence-electron chi connectivity index (χ4n) is 4.41. The number of aliphatic hydroxyl groups excluding tert-OH is 1. The lowest BCUT2D eigenvalue weighted by Gasteiger charge is -2.21. The number of methoxy groups -OCH3 is 4. The monoisotopic (exact) mass is 480 g/mol. The van der Waals surface area contributed by atoms with Gasteiger partial charge in [-0.1, -0.05) is 0 Å². The summed E-state index contributed by atoms with van der Waals surface area (Å²) in [5.41, 5.74) is 0.535. The lowest BCUT2D eigenvalue weighted by Crippen LogP contribution is -2.27. The fraction of sp³-hybridized carbons (Fsp3) is 0.269. The summed E-state index contributed by atoms with van der Waals surface area (Å²) in [4.78, 5) is 12.7. The normalized spacial score (nSPS) is 16.6. The first-order chi connectivity index (χ1) is 17.0. The maximum absolute atomic E-state index is 12.7. The van der Waals surface area contributed by atoms with Crippen LogP contribution in [0.15, 0.2) is 51.7 Å². The summed E-state index contributed by atoms with van der Waals surface area (Å²) in [6.45, 7) is -0.286. The SMILES string of the molecule is COc1ccc2c(c1)oc(=O)c1ccc(OC3c4cc(OC)c(OC)cc4OC3CO)c(OC)c12. The second-order valence-corrected chi connectivity index (χ2v) is 7.89. The van der Waals surface area contributed by atoms with E-state index in [1.54, 1.807) is 42.5 Å². The van der Waals surface area contributed by atoms with Gasteiger partial charge in [-0.25, -0.2) is 4.79 Å². The van der Waals surface area contributed by atoms with Gasteiger partial charge in [0.25, 0.3) is 0 Å². The van der Waals surface area contributed by atoms with Crippen molar-refractivity contribution in [3.05, 3.63) is 58.4 Å². The van der Waals surface area contributed by atoms with E-state index in [1.165, 1.54) is 28.4 Å². The molecule has 1 aliphatic heterocycles. The molecule has 1 aliphatic rings. The van der Waals surface area contributed by atoms with E-state index < -0.39 is 17.8 Å². The van der Waals surface area contributed by atoms with Crippen LogP contribution >= 0.6 is 0 Å². The highest BCUT2D eigenvalue weighted by molar-refractivity contribution is 6.09. The smallest absolute Gasteiger partial charge is 0.344 e. The third kappa shape index (κ3) is 3.64. The van der Waals surface area contributed by atoms with Gasteiger partial charge in [0.2, 0.25) is 0 Å². The zero-order valence-corrected chi connectivity index (χ0v) is 19.6. The molecule has 5 rings (SSSR count). The first-order valence-corrected chi connectivity index (χ1v) is 10.8. The molecule has 9 heteroatoms. The molecule has 2 unspecified atom stereocenters. The molecule has 0 amide bonds. The number of fused-ring (bicyclic) bond motifs is 4. The molecule has 9 nitrogen and oxygen atoms in total. The summed E-state index contributed by atoms with van der Waals surface area (Å²) in [6.07, 6.45) is -1.35. The van der Waals surface area contributed by atoms with Crippen molar-refractivity contribution >= 4 is 21.7 Å². The highest BCUT2D eigenvalue weighted by Crippen LogP contribution is 2.47. The Morgan fingerprint density at radius 3 is 2.29 bits per heavy atom. The molecular weight excluding hydrogens is 456 g/mol. The Bertz CT molecular complexity index is 1470. The second-order valence-electron chi connectivity index (χ2n) is 7.89. The van der Waals surface area contributed by atoms with Crippen molar-refractivity contribution in [3.8, 4) is 34.5 Å². The van der Waals surface area contributed by atoms with E-state index >= 15 is 0 Å². The van der Waals surface area contributed by atoms with E-state index in [0.29, 0.717) is 61.8 Å². The summed E-state index contributed by atoms with van der Waals surface area (Å²) < 4.78 is 39.6. The Kier molecular flexibility index (Phi) is 5.78. The maximum atomic E-state index is 12.7. The van der Waals surface area contributed by atoms with Gasteiger partial charge in [0, 0.05) is 28.5 Å². The van der Waals surface area contributed by atoms with E-state index in [4.69, 9.17) is 32.8 Å². The second kappa shape index (κ2) is 8.92. The molecule has 0 bridgehead atoms. The van der Waals surface area contributed by atoms with Crippen LogP contribution in [0.2, 0.25) is 0 Å².